The Bertz CT molecular complexity index is 475. The van der Waals surface area contributed by atoms with Crippen LogP contribution in [0.5, 0.6) is 0 Å². The van der Waals surface area contributed by atoms with E-state index in [9.17, 15) is 14.9 Å². The Hall–Kier alpha value is -2.19. The molecular weight excluding hydrogens is 250 g/mol. The molecular formula is C11H17N5O3. The molecule has 1 amide bonds. The molecule has 0 saturated heterocycles. The summed E-state index contributed by atoms with van der Waals surface area (Å²) >= 11 is 0. The number of rotatable bonds is 6. The van der Waals surface area contributed by atoms with Gasteiger partial charge in [0, 0.05) is 13.1 Å². The molecule has 0 unspecified atom stereocenters. The molecule has 104 valence electrons. The van der Waals surface area contributed by atoms with Gasteiger partial charge in [-0.25, -0.2) is 0 Å². The van der Waals surface area contributed by atoms with Crippen LogP contribution >= 0.6 is 0 Å². The number of nitrogen functional groups attached to an aromatic ring is 1. The van der Waals surface area contributed by atoms with Gasteiger partial charge in [-0.3, -0.25) is 20.8 Å². The number of benzene rings is 1. The molecule has 1 aromatic rings. The molecule has 0 aliphatic carbocycles. The molecule has 0 aromatic heterocycles. The number of nitro benzene ring substituents is 1. The highest BCUT2D eigenvalue weighted by Gasteiger charge is 2.23. The minimum absolute atomic E-state index is 0.0146. The van der Waals surface area contributed by atoms with Crippen molar-refractivity contribution in [3.63, 3.8) is 0 Å². The van der Waals surface area contributed by atoms with Gasteiger partial charge in [-0.2, -0.15) is 0 Å². The maximum absolute atomic E-state index is 11.9. The van der Waals surface area contributed by atoms with Crippen LogP contribution in [-0.2, 0) is 0 Å². The minimum atomic E-state index is -0.629. The first-order chi connectivity index (χ1) is 8.97. The van der Waals surface area contributed by atoms with Crippen molar-refractivity contribution in [2.75, 3.05) is 32.6 Å². The topological polar surface area (TPSA) is 114 Å². The number of hydrogen-bond acceptors (Lipinski definition) is 6. The molecule has 0 aliphatic heterocycles. The number of nitrogens with two attached hydrogens (primary N) is 1. The number of nitrogens with zero attached hydrogens (tertiary/aromatic N) is 2. The molecule has 0 atom stereocenters. The third-order valence-corrected chi connectivity index (χ3v) is 2.46. The van der Waals surface area contributed by atoms with Gasteiger partial charge in [0.25, 0.3) is 5.91 Å². The number of hydrogen-bond donors (Lipinski definition) is 3. The van der Waals surface area contributed by atoms with Crippen LogP contribution < -0.4 is 16.6 Å². The molecule has 0 radical (unpaired) electrons. The molecule has 0 spiro atoms. The van der Waals surface area contributed by atoms with E-state index in [1.165, 1.54) is 18.2 Å². The number of carbonyl (C=O) groups is 1. The summed E-state index contributed by atoms with van der Waals surface area (Å²) in [7, 11) is 3.74. The first-order valence-corrected chi connectivity index (χ1v) is 5.64. The van der Waals surface area contributed by atoms with Crippen LogP contribution in [0.4, 0.5) is 11.4 Å². The smallest absolute Gasteiger partial charge is 0.306 e. The van der Waals surface area contributed by atoms with Gasteiger partial charge < -0.3 is 15.6 Å². The normalized spacial score (nSPS) is 10.3. The summed E-state index contributed by atoms with van der Waals surface area (Å²) < 4.78 is 0. The molecule has 0 aliphatic rings. The van der Waals surface area contributed by atoms with E-state index < -0.39 is 10.8 Å². The Balaban J connectivity index is 2.93. The zero-order valence-electron chi connectivity index (χ0n) is 10.8. The number of nitrogens with one attached hydrogen (secondary N) is 2. The van der Waals surface area contributed by atoms with E-state index in [0.717, 1.165) is 0 Å². The molecule has 8 nitrogen and oxygen atoms in total. The summed E-state index contributed by atoms with van der Waals surface area (Å²) in [5.74, 6) is 4.71. The van der Waals surface area contributed by atoms with Gasteiger partial charge >= 0.3 is 5.69 Å². The van der Waals surface area contributed by atoms with Crippen LogP contribution in [0.15, 0.2) is 18.2 Å². The van der Waals surface area contributed by atoms with Crippen LogP contribution in [0.2, 0.25) is 0 Å². The lowest BCUT2D eigenvalue weighted by molar-refractivity contribution is -0.384. The van der Waals surface area contributed by atoms with Crippen LogP contribution in [0.25, 0.3) is 0 Å². The van der Waals surface area contributed by atoms with E-state index in [1.54, 1.807) is 0 Å². The average Bonchev–Trinajstić information content (AvgIpc) is 2.36. The second-order valence-corrected chi connectivity index (χ2v) is 4.16. The molecule has 8 heteroatoms. The van der Waals surface area contributed by atoms with E-state index in [-0.39, 0.29) is 16.9 Å². The Kier molecular flexibility index (Phi) is 5.22. The SMILES string of the molecule is CN(C)CCNC(=O)c1cccc(NN)c1[N+](=O)[O-]. The van der Waals surface area contributed by atoms with E-state index >= 15 is 0 Å². The van der Waals surface area contributed by atoms with E-state index in [1.807, 2.05) is 19.0 Å². The zero-order valence-corrected chi connectivity index (χ0v) is 10.8. The largest absolute Gasteiger partial charge is 0.351 e. The van der Waals surface area contributed by atoms with Crippen molar-refractivity contribution in [2.24, 2.45) is 5.84 Å². The minimum Gasteiger partial charge on any atom is -0.351 e. The third kappa shape index (κ3) is 3.90. The zero-order chi connectivity index (χ0) is 14.4. The third-order valence-electron chi connectivity index (χ3n) is 2.46. The summed E-state index contributed by atoms with van der Waals surface area (Å²) in [6, 6.07) is 4.36. The number of amides is 1. The van der Waals surface area contributed by atoms with Crippen molar-refractivity contribution < 1.29 is 9.72 Å². The number of nitro groups is 1. The maximum atomic E-state index is 11.9. The predicted molar refractivity (Wildman–Crippen MR) is 71.8 cm³/mol. The molecule has 0 heterocycles. The number of hydrazine groups is 1. The average molecular weight is 267 g/mol. The van der Waals surface area contributed by atoms with Crippen LogP contribution in [0.3, 0.4) is 0 Å². The summed E-state index contributed by atoms with van der Waals surface area (Å²) in [6.45, 7) is 1.05. The first-order valence-electron chi connectivity index (χ1n) is 5.64. The maximum Gasteiger partial charge on any atom is 0.306 e. The van der Waals surface area contributed by atoms with Crippen molar-refractivity contribution in [3.8, 4) is 0 Å². The van der Waals surface area contributed by atoms with Gasteiger partial charge in [0.1, 0.15) is 11.3 Å². The lowest BCUT2D eigenvalue weighted by Gasteiger charge is -2.11. The second-order valence-electron chi connectivity index (χ2n) is 4.16. The second kappa shape index (κ2) is 6.66. The molecule has 1 aromatic carbocycles. The van der Waals surface area contributed by atoms with Gasteiger partial charge in [0.15, 0.2) is 0 Å². The lowest BCUT2D eigenvalue weighted by Crippen LogP contribution is -2.31. The molecule has 4 N–H and O–H groups in total. The Morgan fingerprint density at radius 2 is 2.16 bits per heavy atom. The first kappa shape index (κ1) is 14.9. The molecule has 0 bridgehead atoms. The summed E-state index contributed by atoms with van der Waals surface area (Å²) in [5, 5.41) is 13.6. The van der Waals surface area contributed by atoms with Crippen molar-refractivity contribution in [1.82, 2.24) is 10.2 Å². The Morgan fingerprint density at radius 1 is 1.47 bits per heavy atom. The van der Waals surface area contributed by atoms with E-state index in [0.29, 0.717) is 13.1 Å². The fourth-order valence-electron chi connectivity index (χ4n) is 1.53. The van der Waals surface area contributed by atoms with Gasteiger partial charge in [0.05, 0.1) is 4.92 Å². The Morgan fingerprint density at radius 3 is 2.68 bits per heavy atom. The van der Waals surface area contributed by atoms with E-state index in [4.69, 9.17) is 5.84 Å². The number of para-hydroxylation sites is 1. The van der Waals surface area contributed by atoms with Crippen molar-refractivity contribution >= 4 is 17.3 Å². The molecule has 0 saturated carbocycles. The van der Waals surface area contributed by atoms with Crippen molar-refractivity contribution in [1.29, 1.82) is 0 Å². The quantitative estimate of drug-likeness (QED) is 0.384. The standard InChI is InChI=1S/C11H17N5O3/c1-15(2)7-6-13-11(17)8-4-3-5-9(14-12)10(8)16(18)19/h3-5,14H,6-7,12H2,1-2H3,(H,13,17). The van der Waals surface area contributed by atoms with Crippen LogP contribution in [0.1, 0.15) is 10.4 Å². The number of carbonyl (C=O) groups excluding carboxylic acids is 1. The highest BCUT2D eigenvalue weighted by atomic mass is 16.6. The molecule has 1 rings (SSSR count). The fourth-order valence-corrected chi connectivity index (χ4v) is 1.53. The van der Waals surface area contributed by atoms with Crippen molar-refractivity contribution in [2.45, 2.75) is 0 Å². The summed E-state index contributed by atoms with van der Waals surface area (Å²) in [5.41, 5.74) is 1.98. The van der Waals surface area contributed by atoms with Gasteiger partial charge in [-0.05, 0) is 26.2 Å². The number of anilines is 1. The van der Waals surface area contributed by atoms with Gasteiger partial charge in [-0.15, -0.1) is 0 Å². The Labute approximate surface area is 110 Å². The lowest BCUT2D eigenvalue weighted by atomic mass is 10.1. The van der Waals surface area contributed by atoms with Crippen LogP contribution in [0, 0.1) is 10.1 Å². The van der Waals surface area contributed by atoms with Crippen LogP contribution in [-0.4, -0.2) is 42.9 Å². The van der Waals surface area contributed by atoms with Crippen molar-refractivity contribution in [3.05, 3.63) is 33.9 Å². The molecule has 0 fully saturated rings. The number of likely N-dealkylation sites (N-methyl/N-ethyl adjacent to an activating group) is 1. The predicted octanol–water partition coefficient (Wildman–Crippen LogP) is 0.172. The molecule has 19 heavy (non-hydrogen) atoms. The summed E-state index contributed by atoms with van der Waals surface area (Å²) in [6.07, 6.45) is 0. The van der Waals surface area contributed by atoms with Gasteiger partial charge in [0.2, 0.25) is 0 Å². The fraction of sp³-hybridized carbons (Fsp3) is 0.364. The van der Waals surface area contributed by atoms with Gasteiger partial charge in [-0.1, -0.05) is 6.07 Å². The highest BCUT2D eigenvalue weighted by molar-refractivity contribution is 6.00. The van der Waals surface area contributed by atoms with E-state index in [2.05, 4.69) is 10.7 Å². The highest BCUT2D eigenvalue weighted by Crippen LogP contribution is 2.27. The summed E-state index contributed by atoms with van der Waals surface area (Å²) in [4.78, 5) is 24.2. The monoisotopic (exact) mass is 267 g/mol.